The molecule has 1 aliphatic carbocycles. The minimum absolute atomic E-state index is 0.00742. The Morgan fingerprint density at radius 1 is 1.07 bits per heavy atom. The number of rotatable bonds is 5. The number of terminal acetylenes is 1. The smallest absolute Gasteiger partial charge is 0.319 e. The molecule has 3 aromatic carbocycles. The molecule has 9 rings (SSSR count). The van der Waals surface area contributed by atoms with Gasteiger partial charge in [-0.2, -0.15) is 9.97 Å². The van der Waals surface area contributed by atoms with Crippen LogP contribution < -0.4 is 9.64 Å². The number of ether oxygens (including phenoxy) is 1. The highest BCUT2D eigenvalue weighted by atomic mass is 19.1. The summed E-state index contributed by atoms with van der Waals surface area (Å²) in [5.41, 5.74) is -0.140. The van der Waals surface area contributed by atoms with Gasteiger partial charge in [-0.3, -0.25) is 4.90 Å². The van der Waals surface area contributed by atoms with E-state index in [-0.39, 0.29) is 58.5 Å². The molecule has 2 N–H and O–H groups in total. The number of aromatic hydroxyl groups is 1. The van der Waals surface area contributed by atoms with E-state index in [1.54, 1.807) is 12.1 Å². The number of hydrogen-bond acceptors (Lipinski definition) is 7. The molecule has 4 aromatic rings. The molecule has 4 aliphatic heterocycles. The number of fused-ring (bicyclic) bond motifs is 5. The van der Waals surface area contributed by atoms with E-state index in [0.29, 0.717) is 48.0 Å². The van der Waals surface area contributed by atoms with E-state index >= 15 is 4.39 Å². The lowest BCUT2D eigenvalue weighted by Gasteiger charge is -2.51. The summed E-state index contributed by atoms with van der Waals surface area (Å²) in [5.74, 6) is 1.66. The van der Waals surface area contributed by atoms with E-state index in [4.69, 9.17) is 16.1 Å². The monoisotopic (exact) mass is 600 g/mol. The summed E-state index contributed by atoms with van der Waals surface area (Å²) in [4.78, 5) is 13.5. The van der Waals surface area contributed by atoms with Gasteiger partial charge in [0.1, 0.15) is 35.7 Å². The second-order valence-electron chi connectivity index (χ2n) is 12.8. The van der Waals surface area contributed by atoms with Crippen molar-refractivity contribution in [1.29, 1.82) is 0 Å². The van der Waals surface area contributed by atoms with Gasteiger partial charge >= 0.3 is 6.01 Å². The standard InChI is InChI=1S/C34H31F3N4O3/c1-2-23-27(36)7-4-18-11-22(42)12-26(28(18)23)24-5-6-25-30(29(24)37)38-33(39-32(25)40-14-19-10-20(15-40)31(19)43)44-17-34-8-3-9-41(34)16-21(35)13-34/h1,4-7,11-12,19-21,31,42-43H,3,8-10,13-17H2/t19?,20?,21-,31?,34+/m1/s1. The lowest BCUT2D eigenvalue weighted by Crippen LogP contribution is -2.58. The zero-order chi connectivity index (χ0) is 30.3. The summed E-state index contributed by atoms with van der Waals surface area (Å²) in [6.07, 6.45) is 7.46. The van der Waals surface area contributed by atoms with Crippen molar-refractivity contribution in [3.63, 3.8) is 0 Å². The number of phenolic OH excluding ortho intramolecular Hbond substituents is 1. The Bertz CT molecular complexity index is 1870. The predicted octanol–water partition coefficient (Wildman–Crippen LogP) is 5.19. The van der Waals surface area contributed by atoms with Crippen LogP contribution in [0.2, 0.25) is 0 Å². The van der Waals surface area contributed by atoms with Crippen LogP contribution in [0, 0.1) is 35.8 Å². The number of benzene rings is 3. The molecule has 7 nitrogen and oxygen atoms in total. The molecule has 1 aromatic heterocycles. The molecular weight excluding hydrogens is 569 g/mol. The number of hydrogen-bond donors (Lipinski definition) is 2. The summed E-state index contributed by atoms with van der Waals surface area (Å²) < 4.78 is 52.1. The summed E-state index contributed by atoms with van der Waals surface area (Å²) in [6, 6.07) is 8.82. The van der Waals surface area contributed by atoms with Crippen molar-refractivity contribution in [2.45, 2.75) is 43.5 Å². The maximum Gasteiger partial charge on any atom is 0.319 e. The van der Waals surface area contributed by atoms with Crippen molar-refractivity contribution in [1.82, 2.24) is 14.9 Å². The van der Waals surface area contributed by atoms with Crippen molar-refractivity contribution in [3.8, 4) is 35.2 Å². The van der Waals surface area contributed by atoms with Gasteiger partial charge in [-0.25, -0.2) is 13.2 Å². The minimum atomic E-state index is -0.923. The normalized spacial score (nSPS) is 27.8. The predicted molar refractivity (Wildman–Crippen MR) is 160 cm³/mol. The van der Waals surface area contributed by atoms with Gasteiger partial charge in [-0.1, -0.05) is 18.1 Å². The fraction of sp³-hybridized carbons (Fsp3) is 0.412. The highest BCUT2D eigenvalue weighted by molar-refractivity contribution is 6.04. The SMILES string of the molecule is C#Cc1c(F)ccc2cc(O)cc(-c3ccc4c(N5CC6CC(C5)C6O)nc(OC[C@@]56CCCN5C[C@H](F)C6)nc4c3F)c12. The molecule has 0 radical (unpaired) electrons. The third kappa shape index (κ3) is 4.13. The maximum absolute atomic E-state index is 16.7. The molecule has 4 saturated heterocycles. The largest absolute Gasteiger partial charge is 0.508 e. The Hall–Kier alpha value is -4.07. The number of nitrogens with zero attached hydrogens (tertiary/aromatic N) is 4. The van der Waals surface area contributed by atoms with Crippen molar-refractivity contribution in [2.24, 2.45) is 11.8 Å². The summed E-state index contributed by atoms with van der Waals surface area (Å²) >= 11 is 0. The first-order chi connectivity index (χ1) is 21.2. The number of anilines is 1. The van der Waals surface area contributed by atoms with Crippen molar-refractivity contribution >= 4 is 27.5 Å². The topological polar surface area (TPSA) is 82.0 Å². The van der Waals surface area contributed by atoms with Gasteiger partial charge < -0.3 is 19.8 Å². The van der Waals surface area contributed by atoms with Gasteiger partial charge in [0.25, 0.3) is 0 Å². The fourth-order valence-electron chi connectivity index (χ4n) is 8.10. The van der Waals surface area contributed by atoms with E-state index in [2.05, 4.69) is 15.8 Å². The maximum atomic E-state index is 16.7. The minimum Gasteiger partial charge on any atom is -0.508 e. The molecule has 10 heteroatoms. The van der Waals surface area contributed by atoms with Gasteiger partial charge in [-0.15, -0.1) is 6.42 Å². The van der Waals surface area contributed by atoms with Gasteiger partial charge in [0.05, 0.1) is 17.2 Å². The Labute approximate surface area is 252 Å². The van der Waals surface area contributed by atoms with Crippen LogP contribution in [0.25, 0.3) is 32.8 Å². The second-order valence-corrected chi connectivity index (χ2v) is 12.8. The van der Waals surface area contributed by atoms with Gasteiger partial charge in [0.15, 0.2) is 5.82 Å². The van der Waals surface area contributed by atoms with Crippen LogP contribution in [0.4, 0.5) is 19.0 Å². The quantitative estimate of drug-likeness (QED) is 0.306. The molecule has 2 bridgehead atoms. The van der Waals surface area contributed by atoms with E-state index in [0.717, 1.165) is 25.8 Å². The van der Waals surface area contributed by atoms with Crippen molar-refractivity contribution in [3.05, 3.63) is 53.6 Å². The molecule has 5 heterocycles. The zero-order valence-corrected chi connectivity index (χ0v) is 23.9. The summed E-state index contributed by atoms with van der Waals surface area (Å²) in [6.45, 7) is 2.50. The van der Waals surface area contributed by atoms with E-state index in [9.17, 15) is 19.0 Å². The Balaban J connectivity index is 1.27. The van der Waals surface area contributed by atoms with Gasteiger partial charge in [0, 0.05) is 54.2 Å². The Morgan fingerprint density at radius 2 is 1.89 bits per heavy atom. The first-order valence-electron chi connectivity index (χ1n) is 15.1. The first-order valence-corrected chi connectivity index (χ1v) is 15.1. The molecule has 0 spiro atoms. The van der Waals surface area contributed by atoms with Crippen LogP contribution >= 0.6 is 0 Å². The third-order valence-corrected chi connectivity index (χ3v) is 10.3. The summed E-state index contributed by atoms with van der Waals surface area (Å²) in [5, 5.41) is 22.2. The lowest BCUT2D eigenvalue weighted by atomic mass is 9.68. The van der Waals surface area contributed by atoms with Crippen LogP contribution in [-0.4, -0.2) is 75.7 Å². The molecule has 226 valence electrons. The van der Waals surface area contributed by atoms with E-state index in [1.807, 2.05) is 4.90 Å². The van der Waals surface area contributed by atoms with Crippen molar-refractivity contribution < 1.29 is 28.1 Å². The molecule has 2 unspecified atom stereocenters. The zero-order valence-electron chi connectivity index (χ0n) is 23.9. The number of phenols is 1. The number of aliphatic hydroxyl groups is 1. The van der Waals surface area contributed by atoms with Crippen LogP contribution in [0.1, 0.15) is 31.2 Å². The average Bonchev–Trinajstić information content (AvgIpc) is 3.55. The summed E-state index contributed by atoms with van der Waals surface area (Å²) in [7, 11) is 0. The van der Waals surface area contributed by atoms with Crippen LogP contribution in [0.15, 0.2) is 36.4 Å². The van der Waals surface area contributed by atoms with Crippen LogP contribution in [0.5, 0.6) is 11.8 Å². The highest BCUT2D eigenvalue weighted by Gasteiger charge is 2.50. The average molecular weight is 601 g/mol. The molecule has 1 saturated carbocycles. The number of aromatic nitrogens is 2. The Morgan fingerprint density at radius 3 is 2.66 bits per heavy atom. The molecule has 5 aliphatic rings. The van der Waals surface area contributed by atoms with Crippen LogP contribution in [0.3, 0.4) is 0 Å². The lowest BCUT2D eigenvalue weighted by molar-refractivity contribution is -0.0532. The molecule has 44 heavy (non-hydrogen) atoms. The van der Waals surface area contributed by atoms with Gasteiger partial charge in [0.2, 0.25) is 0 Å². The molecule has 0 amide bonds. The van der Waals surface area contributed by atoms with Gasteiger partial charge in [-0.05, 0) is 61.0 Å². The Kier molecular flexibility index (Phi) is 6.23. The first kappa shape index (κ1) is 27.5. The van der Waals surface area contributed by atoms with E-state index < -0.39 is 23.3 Å². The number of alkyl halides is 1. The number of piperidine rings is 2. The second kappa shape index (κ2) is 9.98. The van der Waals surface area contributed by atoms with Crippen molar-refractivity contribution in [2.75, 3.05) is 37.7 Å². The van der Waals surface area contributed by atoms with Crippen LogP contribution in [-0.2, 0) is 0 Å². The third-order valence-electron chi connectivity index (χ3n) is 10.3. The molecular formula is C34H31F3N4O3. The number of halogens is 3. The van der Waals surface area contributed by atoms with E-state index in [1.165, 1.54) is 24.3 Å². The molecule has 4 atom stereocenters. The fourth-order valence-corrected chi connectivity index (χ4v) is 8.10. The highest BCUT2D eigenvalue weighted by Crippen LogP contribution is 2.45. The number of aliphatic hydroxyl groups excluding tert-OH is 1. The molecule has 5 fully saturated rings.